The minimum atomic E-state index is -4.00. The van der Waals surface area contributed by atoms with Crippen LogP contribution >= 0.6 is 0 Å². The summed E-state index contributed by atoms with van der Waals surface area (Å²) in [5.74, 6) is -1.54. The first-order valence-electron chi connectivity index (χ1n) is 7.04. The highest BCUT2D eigenvalue weighted by Gasteiger charge is 2.23. The molecule has 2 aromatic carbocycles. The highest BCUT2D eigenvalue weighted by Crippen LogP contribution is 2.45. The number of phenols is 1. The molecule has 0 bridgehead atoms. The van der Waals surface area contributed by atoms with Crippen LogP contribution in [-0.4, -0.2) is 59.8 Å². The van der Waals surface area contributed by atoms with Gasteiger partial charge in [0.2, 0.25) is 9.84 Å². The second-order valence-electron chi connectivity index (χ2n) is 5.10. The number of nitrogens with zero attached hydrogens (tertiary/aromatic N) is 2. The maximum absolute atomic E-state index is 11.9. The average molecular weight is 417 g/mol. The molecule has 0 aliphatic heterocycles. The van der Waals surface area contributed by atoms with E-state index in [-0.39, 0.29) is 21.7 Å². The first kappa shape index (κ1) is 22.5. The topological polar surface area (TPSA) is 169 Å². The Morgan fingerprint density at radius 3 is 2.15 bits per heavy atom. The van der Waals surface area contributed by atoms with E-state index in [9.17, 15) is 21.9 Å². The summed E-state index contributed by atoms with van der Waals surface area (Å²) in [4.78, 5) is 6.94. The quantitative estimate of drug-likeness (QED) is 0.369. The minimum absolute atomic E-state index is 0.151. The SMILES string of the molecule is C=Nc1ccc2cc(S(=O)(=O)CO)c(N=C)c(O)c2c1N.COS(C)(=O)=O. The molecule has 0 spiro atoms. The van der Waals surface area contributed by atoms with E-state index in [2.05, 4.69) is 27.6 Å². The molecule has 12 heteroatoms. The summed E-state index contributed by atoms with van der Waals surface area (Å²) in [6.07, 6.45) is 0.993. The summed E-state index contributed by atoms with van der Waals surface area (Å²) in [6, 6.07) is 4.35. The molecule has 2 rings (SSSR count). The Labute approximate surface area is 156 Å². The van der Waals surface area contributed by atoms with Gasteiger partial charge in [0.15, 0.2) is 5.75 Å². The second kappa shape index (κ2) is 8.43. The molecule has 148 valence electrons. The number of sulfone groups is 1. The number of rotatable bonds is 5. The van der Waals surface area contributed by atoms with Crippen LogP contribution in [0.3, 0.4) is 0 Å². The number of nitrogens with two attached hydrogens (primary N) is 1. The van der Waals surface area contributed by atoms with Crippen LogP contribution in [0, 0.1) is 0 Å². The standard InChI is InChI=1S/C13H13N3O4S.C2H6O3S/c1-15-8-4-3-7-5-9(21(19,20)6-17)12(16-2)13(18)10(7)11(8)14;1-5-6(2,3)4/h3-5,17-18H,1-2,6,14H2;1-2H3. The molecule has 0 aliphatic rings. The third kappa shape index (κ3) is 5.01. The van der Waals surface area contributed by atoms with Gasteiger partial charge in [-0.2, -0.15) is 8.42 Å². The van der Waals surface area contributed by atoms with Crippen LogP contribution in [-0.2, 0) is 24.1 Å². The number of hydrogen-bond donors (Lipinski definition) is 3. The number of aliphatic hydroxyl groups excluding tert-OH is 1. The summed E-state index contributed by atoms with van der Waals surface area (Å²) in [6.45, 7) is 6.61. The molecule has 0 fully saturated rings. The fourth-order valence-corrected chi connectivity index (χ4v) is 2.95. The van der Waals surface area contributed by atoms with Gasteiger partial charge in [0.25, 0.3) is 10.1 Å². The van der Waals surface area contributed by atoms with Gasteiger partial charge in [-0.3, -0.25) is 14.2 Å². The zero-order chi connectivity index (χ0) is 21.0. The molecule has 0 unspecified atom stereocenters. The fraction of sp³-hybridized carbons (Fsp3) is 0.200. The van der Waals surface area contributed by atoms with Crippen molar-refractivity contribution in [2.24, 2.45) is 9.98 Å². The Morgan fingerprint density at radius 1 is 1.19 bits per heavy atom. The van der Waals surface area contributed by atoms with Gasteiger partial charge in [-0.25, -0.2) is 8.42 Å². The number of fused-ring (bicyclic) bond motifs is 1. The van der Waals surface area contributed by atoms with Gasteiger partial charge >= 0.3 is 0 Å². The van der Waals surface area contributed by atoms with Crippen molar-refractivity contribution >= 4 is 61.2 Å². The number of benzene rings is 2. The number of aliphatic hydroxyl groups is 1. The van der Waals surface area contributed by atoms with Gasteiger partial charge in [-0.15, -0.1) is 0 Å². The third-order valence-electron chi connectivity index (χ3n) is 3.37. The smallest absolute Gasteiger partial charge is 0.264 e. The van der Waals surface area contributed by atoms with E-state index in [1.165, 1.54) is 6.07 Å². The zero-order valence-corrected chi connectivity index (χ0v) is 16.2. The van der Waals surface area contributed by atoms with Crippen LogP contribution in [0.15, 0.2) is 33.1 Å². The number of hydrogen-bond acceptors (Lipinski definition) is 10. The molecule has 0 saturated heterocycles. The molecule has 2 aromatic rings. The molecule has 0 radical (unpaired) electrons. The van der Waals surface area contributed by atoms with Gasteiger partial charge in [-0.05, 0) is 31.0 Å². The summed E-state index contributed by atoms with van der Waals surface area (Å²) < 4.78 is 47.2. The molecule has 0 aliphatic carbocycles. The predicted molar refractivity (Wildman–Crippen MR) is 105 cm³/mol. The van der Waals surface area contributed by atoms with Crippen molar-refractivity contribution in [2.75, 3.05) is 25.0 Å². The number of nitrogen functional groups attached to an aromatic ring is 1. The van der Waals surface area contributed by atoms with Crippen LogP contribution in [0.4, 0.5) is 17.1 Å². The second-order valence-corrected chi connectivity index (χ2v) is 8.77. The average Bonchev–Trinajstić information content (AvgIpc) is 2.61. The molecular formula is C15H19N3O7S2. The summed E-state index contributed by atoms with van der Waals surface area (Å²) in [5, 5.41) is 19.8. The van der Waals surface area contributed by atoms with Crippen molar-refractivity contribution in [3.8, 4) is 5.75 Å². The molecule has 0 saturated carbocycles. The van der Waals surface area contributed by atoms with E-state index in [1.54, 1.807) is 12.1 Å². The van der Waals surface area contributed by atoms with Crippen LogP contribution in [0.1, 0.15) is 0 Å². The summed E-state index contributed by atoms with van der Waals surface area (Å²) >= 11 is 0. The normalized spacial score (nSPS) is 11.5. The van der Waals surface area contributed by atoms with Crippen LogP contribution in [0.25, 0.3) is 10.8 Å². The highest BCUT2D eigenvalue weighted by atomic mass is 32.2. The van der Waals surface area contributed by atoms with Gasteiger partial charge in [0, 0.05) is 0 Å². The van der Waals surface area contributed by atoms with Crippen LogP contribution < -0.4 is 5.73 Å². The number of aliphatic imine (C=N–C) groups is 2. The highest BCUT2D eigenvalue weighted by molar-refractivity contribution is 7.91. The lowest BCUT2D eigenvalue weighted by molar-refractivity contribution is 0.358. The molecule has 0 amide bonds. The first-order valence-corrected chi connectivity index (χ1v) is 10.5. The Hall–Kier alpha value is -2.54. The van der Waals surface area contributed by atoms with E-state index in [4.69, 9.17) is 10.8 Å². The van der Waals surface area contributed by atoms with E-state index < -0.39 is 31.6 Å². The maximum atomic E-state index is 11.9. The number of phenolic OH excluding ortho intramolecular Hbond substituents is 1. The minimum Gasteiger partial charge on any atom is -0.505 e. The molecule has 0 aromatic heterocycles. The molecule has 0 heterocycles. The van der Waals surface area contributed by atoms with E-state index in [0.717, 1.165) is 13.4 Å². The summed E-state index contributed by atoms with van der Waals surface area (Å²) in [7, 11) is -6.04. The number of aromatic hydroxyl groups is 1. The van der Waals surface area contributed by atoms with Crippen molar-refractivity contribution < 1.29 is 31.2 Å². The van der Waals surface area contributed by atoms with Gasteiger partial charge in [-0.1, -0.05) is 6.07 Å². The maximum Gasteiger partial charge on any atom is 0.264 e. The Balaban J connectivity index is 0.000000527. The van der Waals surface area contributed by atoms with Crippen molar-refractivity contribution in [3.05, 3.63) is 18.2 Å². The largest absolute Gasteiger partial charge is 0.505 e. The predicted octanol–water partition coefficient (Wildman–Crippen LogP) is 1.11. The lowest BCUT2D eigenvalue weighted by Gasteiger charge is -2.13. The van der Waals surface area contributed by atoms with Crippen molar-refractivity contribution in [2.45, 2.75) is 4.90 Å². The Bertz CT molecular complexity index is 1090. The van der Waals surface area contributed by atoms with Gasteiger partial charge in [0.05, 0.1) is 35.0 Å². The summed E-state index contributed by atoms with van der Waals surface area (Å²) in [5.41, 5.74) is 6.13. The molecule has 10 nitrogen and oxygen atoms in total. The monoisotopic (exact) mass is 417 g/mol. The third-order valence-corrected chi connectivity index (χ3v) is 5.30. The van der Waals surface area contributed by atoms with Crippen LogP contribution in [0.5, 0.6) is 5.75 Å². The molecule has 0 atom stereocenters. The van der Waals surface area contributed by atoms with Crippen molar-refractivity contribution in [1.29, 1.82) is 0 Å². The van der Waals surface area contributed by atoms with Crippen molar-refractivity contribution in [1.82, 2.24) is 0 Å². The van der Waals surface area contributed by atoms with Crippen LogP contribution in [0.2, 0.25) is 0 Å². The Kier molecular flexibility index (Phi) is 7.03. The fourth-order valence-electron chi connectivity index (χ4n) is 2.05. The zero-order valence-electron chi connectivity index (χ0n) is 14.6. The number of anilines is 1. The lowest BCUT2D eigenvalue weighted by Crippen LogP contribution is -2.06. The lowest BCUT2D eigenvalue weighted by atomic mass is 10.1. The first-order chi connectivity index (χ1) is 12.4. The Morgan fingerprint density at radius 2 is 1.74 bits per heavy atom. The van der Waals surface area contributed by atoms with E-state index >= 15 is 0 Å². The molecule has 27 heavy (non-hydrogen) atoms. The van der Waals surface area contributed by atoms with Crippen molar-refractivity contribution in [3.63, 3.8) is 0 Å². The van der Waals surface area contributed by atoms with Gasteiger partial charge < -0.3 is 15.9 Å². The molecule has 4 N–H and O–H groups in total. The van der Waals surface area contributed by atoms with E-state index in [1.807, 2.05) is 0 Å². The van der Waals surface area contributed by atoms with Gasteiger partial charge in [0.1, 0.15) is 11.6 Å². The van der Waals surface area contributed by atoms with E-state index in [0.29, 0.717) is 11.1 Å². The molecular weight excluding hydrogens is 398 g/mol.